The standard InChI is InChI=1S/C18H14ClFN2O4S/c1-2-25-18(24)16-12(11(8-21)17(22)27-16)9-26-15(23)7-6-10-13(19)4-3-5-14(10)20/h3-7H,2,9,22H2,1H3/b7-6+. The Labute approximate surface area is 163 Å². The van der Waals surface area contributed by atoms with Crippen LogP contribution in [-0.4, -0.2) is 18.5 Å². The number of nitrogens with zero attached hydrogens (tertiary/aromatic N) is 1. The summed E-state index contributed by atoms with van der Waals surface area (Å²) in [5, 5.41) is 9.48. The lowest BCUT2D eigenvalue weighted by atomic mass is 10.1. The monoisotopic (exact) mass is 408 g/mol. The molecule has 27 heavy (non-hydrogen) atoms. The first-order valence-electron chi connectivity index (χ1n) is 7.66. The number of thiophene rings is 1. The SMILES string of the molecule is CCOC(=O)c1sc(N)c(C#N)c1COC(=O)/C=C/c1c(F)cccc1Cl. The van der Waals surface area contributed by atoms with Crippen LogP contribution in [0.15, 0.2) is 24.3 Å². The van der Waals surface area contributed by atoms with Crippen LogP contribution in [0.1, 0.15) is 33.3 Å². The van der Waals surface area contributed by atoms with Crippen LogP contribution in [0.25, 0.3) is 6.08 Å². The molecule has 9 heteroatoms. The number of anilines is 1. The van der Waals surface area contributed by atoms with Gasteiger partial charge in [0.05, 0.1) is 17.2 Å². The van der Waals surface area contributed by atoms with Crippen LogP contribution in [0.5, 0.6) is 0 Å². The molecule has 0 aliphatic rings. The molecule has 2 rings (SSSR count). The molecule has 1 aromatic carbocycles. The van der Waals surface area contributed by atoms with Crippen molar-refractivity contribution in [3.05, 3.63) is 56.7 Å². The first kappa shape index (κ1) is 20.4. The van der Waals surface area contributed by atoms with Gasteiger partial charge in [-0.15, -0.1) is 11.3 Å². The van der Waals surface area contributed by atoms with Gasteiger partial charge in [-0.1, -0.05) is 17.7 Å². The summed E-state index contributed by atoms with van der Waals surface area (Å²) >= 11 is 6.75. The summed E-state index contributed by atoms with van der Waals surface area (Å²) < 4.78 is 23.7. The Bertz CT molecular complexity index is 929. The topological polar surface area (TPSA) is 102 Å². The van der Waals surface area contributed by atoms with Gasteiger partial charge in [0.2, 0.25) is 0 Å². The molecule has 1 aromatic heterocycles. The van der Waals surface area contributed by atoms with Crippen molar-refractivity contribution >= 4 is 46.0 Å². The van der Waals surface area contributed by atoms with Gasteiger partial charge in [0, 0.05) is 17.2 Å². The molecule has 0 atom stereocenters. The number of nitrogens with two attached hydrogens (primary N) is 1. The van der Waals surface area contributed by atoms with Crippen molar-refractivity contribution in [3.8, 4) is 6.07 Å². The number of halogens is 2. The maximum atomic E-state index is 13.7. The summed E-state index contributed by atoms with van der Waals surface area (Å²) in [5.74, 6) is -2.05. The van der Waals surface area contributed by atoms with E-state index in [0.29, 0.717) is 0 Å². The van der Waals surface area contributed by atoms with Crippen molar-refractivity contribution in [2.45, 2.75) is 13.5 Å². The highest BCUT2D eigenvalue weighted by atomic mass is 35.5. The Kier molecular flexibility index (Phi) is 6.93. The van der Waals surface area contributed by atoms with Crippen LogP contribution in [0.4, 0.5) is 9.39 Å². The lowest BCUT2D eigenvalue weighted by Crippen LogP contribution is -2.08. The molecule has 0 spiro atoms. The highest BCUT2D eigenvalue weighted by molar-refractivity contribution is 7.18. The quantitative estimate of drug-likeness (QED) is 0.574. The number of carbonyl (C=O) groups is 2. The molecule has 0 bridgehead atoms. The lowest BCUT2D eigenvalue weighted by Gasteiger charge is -2.05. The van der Waals surface area contributed by atoms with Crippen LogP contribution < -0.4 is 5.73 Å². The average molecular weight is 409 g/mol. The van der Waals surface area contributed by atoms with Crippen LogP contribution in [-0.2, 0) is 20.9 Å². The van der Waals surface area contributed by atoms with Crippen LogP contribution in [0.3, 0.4) is 0 Å². The molecule has 1 heterocycles. The van der Waals surface area contributed by atoms with E-state index in [4.69, 9.17) is 26.8 Å². The number of nitrogen functional groups attached to an aromatic ring is 1. The molecule has 0 saturated heterocycles. The second-order valence-electron chi connectivity index (χ2n) is 5.06. The Balaban J connectivity index is 2.16. The predicted molar refractivity (Wildman–Crippen MR) is 99.6 cm³/mol. The minimum absolute atomic E-state index is 0.0424. The number of ether oxygens (including phenoxy) is 2. The number of carbonyl (C=O) groups excluding carboxylic acids is 2. The van der Waals surface area contributed by atoms with Gasteiger partial charge in [0.25, 0.3) is 0 Å². The zero-order valence-corrected chi connectivity index (χ0v) is 15.7. The fourth-order valence-electron chi connectivity index (χ4n) is 2.12. The normalized spacial score (nSPS) is 10.6. The van der Waals surface area contributed by atoms with Crippen molar-refractivity contribution in [2.75, 3.05) is 12.3 Å². The number of hydrogen-bond acceptors (Lipinski definition) is 7. The summed E-state index contributed by atoms with van der Waals surface area (Å²) in [4.78, 5) is 24.0. The Morgan fingerprint density at radius 3 is 2.78 bits per heavy atom. The minimum Gasteiger partial charge on any atom is -0.462 e. The molecular weight excluding hydrogens is 395 g/mol. The molecule has 0 amide bonds. The van der Waals surface area contributed by atoms with E-state index in [1.807, 2.05) is 6.07 Å². The van der Waals surface area contributed by atoms with Crippen LogP contribution >= 0.6 is 22.9 Å². The third-order valence-electron chi connectivity index (χ3n) is 3.35. The van der Waals surface area contributed by atoms with Crippen molar-refractivity contribution < 1.29 is 23.5 Å². The van der Waals surface area contributed by atoms with E-state index in [1.165, 1.54) is 24.3 Å². The van der Waals surface area contributed by atoms with Crippen molar-refractivity contribution in [1.29, 1.82) is 5.26 Å². The highest BCUT2D eigenvalue weighted by Crippen LogP contribution is 2.32. The maximum absolute atomic E-state index is 13.7. The van der Waals surface area contributed by atoms with E-state index in [-0.39, 0.29) is 44.8 Å². The van der Waals surface area contributed by atoms with Crippen LogP contribution in [0, 0.1) is 17.1 Å². The second-order valence-corrected chi connectivity index (χ2v) is 6.52. The molecule has 0 aliphatic carbocycles. The molecule has 2 aromatic rings. The fourth-order valence-corrected chi connectivity index (χ4v) is 3.26. The van der Waals surface area contributed by atoms with Gasteiger partial charge in [-0.25, -0.2) is 14.0 Å². The molecule has 0 aliphatic heterocycles. The van der Waals surface area contributed by atoms with Gasteiger partial charge >= 0.3 is 11.9 Å². The largest absolute Gasteiger partial charge is 0.462 e. The zero-order chi connectivity index (χ0) is 20.0. The maximum Gasteiger partial charge on any atom is 0.348 e. The van der Waals surface area contributed by atoms with E-state index in [2.05, 4.69) is 0 Å². The first-order valence-corrected chi connectivity index (χ1v) is 8.85. The van der Waals surface area contributed by atoms with Crippen LogP contribution in [0.2, 0.25) is 5.02 Å². The van der Waals surface area contributed by atoms with Gasteiger partial charge < -0.3 is 15.2 Å². The van der Waals surface area contributed by atoms with E-state index >= 15 is 0 Å². The van der Waals surface area contributed by atoms with Gasteiger partial charge in [0.15, 0.2) is 0 Å². The van der Waals surface area contributed by atoms with Gasteiger partial charge in [-0.05, 0) is 25.1 Å². The smallest absolute Gasteiger partial charge is 0.348 e. The molecule has 0 saturated carbocycles. The Hall–Kier alpha value is -2.89. The van der Waals surface area contributed by atoms with Gasteiger partial charge in [-0.3, -0.25) is 0 Å². The molecule has 0 radical (unpaired) electrons. The summed E-state index contributed by atoms with van der Waals surface area (Å²) in [6, 6.07) is 6.00. The first-order chi connectivity index (χ1) is 12.9. The van der Waals surface area contributed by atoms with E-state index in [0.717, 1.165) is 17.4 Å². The average Bonchev–Trinajstić information content (AvgIpc) is 2.95. The number of nitriles is 1. The summed E-state index contributed by atoms with van der Waals surface area (Å²) in [6.07, 6.45) is 2.18. The minimum atomic E-state index is -0.808. The number of rotatable bonds is 6. The predicted octanol–water partition coefficient (Wildman–Crippen LogP) is 3.93. The lowest BCUT2D eigenvalue weighted by molar-refractivity contribution is -0.138. The van der Waals surface area contributed by atoms with Crippen molar-refractivity contribution in [3.63, 3.8) is 0 Å². The molecule has 2 N–H and O–H groups in total. The molecule has 0 unspecified atom stereocenters. The van der Waals surface area contributed by atoms with E-state index < -0.39 is 17.8 Å². The number of esters is 2. The molecule has 140 valence electrons. The second kappa shape index (κ2) is 9.16. The molecule has 6 nitrogen and oxygen atoms in total. The molecule has 0 fully saturated rings. The third kappa shape index (κ3) is 4.84. The fraction of sp³-hybridized carbons (Fsp3) is 0.167. The number of hydrogen-bond donors (Lipinski definition) is 1. The Morgan fingerprint density at radius 2 is 2.15 bits per heavy atom. The summed E-state index contributed by atoms with van der Waals surface area (Å²) in [6.45, 7) is 1.42. The van der Waals surface area contributed by atoms with Crippen molar-refractivity contribution in [1.82, 2.24) is 0 Å². The Morgan fingerprint density at radius 1 is 1.41 bits per heavy atom. The summed E-state index contributed by atoms with van der Waals surface area (Å²) in [5.41, 5.74) is 6.00. The summed E-state index contributed by atoms with van der Waals surface area (Å²) in [7, 11) is 0. The molecular formula is C18H14ClFN2O4S. The number of benzene rings is 1. The van der Waals surface area contributed by atoms with E-state index in [9.17, 15) is 19.2 Å². The zero-order valence-electron chi connectivity index (χ0n) is 14.1. The van der Waals surface area contributed by atoms with E-state index in [1.54, 1.807) is 6.92 Å². The highest BCUT2D eigenvalue weighted by Gasteiger charge is 2.23. The third-order valence-corrected chi connectivity index (χ3v) is 4.72. The van der Waals surface area contributed by atoms with Gasteiger partial charge in [-0.2, -0.15) is 5.26 Å². The van der Waals surface area contributed by atoms with Crippen molar-refractivity contribution in [2.24, 2.45) is 0 Å². The van der Waals surface area contributed by atoms with Gasteiger partial charge in [0.1, 0.15) is 28.4 Å².